The molecule has 1 amide bonds. The molecule has 168 valence electrons. The Morgan fingerprint density at radius 2 is 1.61 bits per heavy atom. The molecule has 9 heteroatoms. The van der Waals surface area contributed by atoms with Gasteiger partial charge in [-0.1, -0.05) is 24.3 Å². The van der Waals surface area contributed by atoms with Crippen LogP contribution in [0.15, 0.2) is 52.9 Å². The van der Waals surface area contributed by atoms with Crippen LogP contribution >= 0.6 is 0 Å². The number of rotatable bonds is 4. The molecule has 2 aromatic carbocycles. The third-order valence-corrected chi connectivity index (χ3v) is 5.76. The van der Waals surface area contributed by atoms with Gasteiger partial charge in [0, 0.05) is 26.2 Å². The highest BCUT2D eigenvalue weighted by atomic mass is 19.1. The van der Waals surface area contributed by atoms with E-state index in [-0.39, 0.29) is 11.7 Å². The van der Waals surface area contributed by atoms with Crippen molar-refractivity contribution in [2.75, 3.05) is 36.4 Å². The van der Waals surface area contributed by atoms with Gasteiger partial charge in [-0.15, -0.1) is 0 Å². The van der Waals surface area contributed by atoms with Gasteiger partial charge in [-0.25, -0.2) is 14.4 Å². The first kappa shape index (κ1) is 20.9. The summed E-state index contributed by atoms with van der Waals surface area (Å²) >= 11 is 0. The largest absolute Gasteiger partial charge is 0.423 e. The van der Waals surface area contributed by atoms with Crippen molar-refractivity contribution in [3.8, 4) is 0 Å². The minimum absolute atomic E-state index is 0.119. The highest BCUT2D eigenvalue weighted by Crippen LogP contribution is 2.24. The maximum absolute atomic E-state index is 14.1. The van der Waals surface area contributed by atoms with E-state index in [1.807, 2.05) is 35.2 Å². The van der Waals surface area contributed by atoms with Crippen molar-refractivity contribution in [1.29, 1.82) is 0 Å². The van der Waals surface area contributed by atoms with Crippen LogP contribution in [0.5, 0.6) is 0 Å². The fourth-order valence-corrected chi connectivity index (χ4v) is 4.12. The molecule has 5 rings (SSSR count). The van der Waals surface area contributed by atoms with Gasteiger partial charge in [-0.05, 0) is 38.1 Å². The number of para-hydroxylation sites is 3. The molecule has 0 unspecified atom stereocenters. The second-order valence-electron chi connectivity index (χ2n) is 7.94. The number of oxazole rings is 1. The lowest BCUT2D eigenvalue weighted by atomic mass is 10.1. The third-order valence-electron chi connectivity index (χ3n) is 5.76. The highest BCUT2D eigenvalue weighted by Gasteiger charge is 2.27. The summed E-state index contributed by atoms with van der Waals surface area (Å²) in [5.74, 6) is -0.0523. The lowest BCUT2D eigenvalue weighted by Crippen LogP contribution is -2.49. The van der Waals surface area contributed by atoms with Gasteiger partial charge in [0.05, 0.1) is 22.6 Å². The molecule has 1 aliphatic heterocycles. The third kappa shape index (κ3) is 4.09. The number of nitrogens with one attached hydrogen (secondary N) is 1. The lowest BCUT2D eigenvalue weighted by Gasteiger charge is -2.36. The van der Waals surface area contributed by atoms with E-state index in [0.29, 0.717) is 66.4 Å². The fourth-order valence-electron chi connectivity index (χ4n) is 4.12. The van der Waals surface area contributed by atoms with Gasteiger partial charge in [0.25, 0.3) is 5.91 Å². The molecular formula is C24H23FN6O2. The molecule has 2 aromatic heterocycles. The van der Waals surface area contributed by atoms with E-state index < -0.39 is 0 Å². The normalized spacial score (nSPS) is 14.0. The summed E-state index contributed by atoms with van der Waals surface area (Å²) < 4.78 is 19.8. The van der Waals surface area contributed by atoms with Crippen LogP contribution in [0.4, 0.5) is 22.0 Å². The molecule has 1 saturated heterocycles. The van der Waals surface area contributed by atoms with Crippen molar-refractivity contribution < 1.29 is 13.6 Å². The van der Waals surface area contributed by atoms with Crippen molar-refractivity contribution in [1.82, 2.24) is 19.9 Å². The van der Waals surface area contributed by atoms with Crippen LogP contribution in [-0.4, -0.2) is 51.9 Å². The fraction of sp³-hybridized carbons (Fsp3) is 0.250. The number of carbonyl (C=O) groups excluding carboxylic acids is 1. The SMILES string of the molecule is Cc1nc(Nc2nc3ccccc3o2)nc(C)c1C(=O)N1CCN(c2ccccc2F)CC1. The number of aryl methyl sites for hydroxylation is 2. The summed E-state index contributed by atoms with van der Waals surface area (Å²) in [6.45, 7) is 5.68. The van der Waals surface area contributed by atoms with Crippen LogP contribution in [0.2, 0.25) is 0 Å². The molecule has 0 radical (unpaired) electrons. The summed E-state index contributed by atoms with van der Waals surface area (Å²) in [4.78, 5) is 30.3. The molecule has 0 atom stereocenters. The molecule has 33 heavy (non-hydrogen) atoms. The van der Waals surface area contributed by atoms with E-state index in [2.05, 4.69) is 20.3 Å². The van der Waals surface area contributed by atoms with E-state index in [4.69, 9.17) is 4.42 Å². The van der Waals surface area contributed by atoms with Crippen LogP contribution in [0, 0.1) is 19.7 Å². The Hall–Kier alpha value is -4.01. The predicted octanol–water partition coefficient (Wildman–Crippen LogP) is 4.08. The first-order chi connectivity index (χ1) is 16.0. The van der Waals surface area contributed by atoms with Gasteiger partial charge in [-0.2, -0.15) is 4.98 Å². The van der Waals surface area contributed by atoms with Crippen LogP contribution in [0.3, 0.4) is 0 Å². The lowest BCUT2D eigenvalue weighted by molar-refractivity contribution is 0.0744. The van der Waals surface area contributed by atoms with Crippen molar-refractivity contribution in [2.24, 2.45) is 0 Å². The molecule has 1 aliphatic rings. The van der Waals surface area contributed by atoms with Gasteiger partial charge in [-0.3, -0.25) is 10.1 Å². The Bertz CT molecular complexity index is 1270. The van der Waals surface area contributed by atoms with Crippen LogP contribution in [0.1, 0.15) is 21.7 Å². The van der Waals surface area contributed by atoms with Gasteiger partial charge in [0.1, 0.15) is 11.3 Å². The molecule has 0 saturated carbocycles. The number of piperazine rings is 1. The summed E-state index contributed by atoms with van der Waals surface area (Å²) in [5.41, 5.74) is 3.59. The Morgan fingerprint density at radius 3 is 2.30 bits per heavy atom. The zero-order valence-electron chi connectivity index (χ0n) is 18.4. The maximum atomic E-state index is 14.1. The van der Waals surface area contributed by atoms with E-state index >= 15 is 0 Å². The number of amides is 1. The van der Waals surface area contributed by atoms with E-state index in [9.17, 15) is 9.18 Å². The van der Waals surface area contributed by atoms with Gasteiger partial charge < -0.3 is 14.2 Å². The average Bonchev–Trinajstić information content (AvgIpc) is 3.21. The van der Waals surface area contributed by atoms with Gasteiger partial charge in [0.2, 0.25) is 5.95 Å². The van der Waals surface area contributed by atoms with Crippen molar-refractivity contribution in [3.05, 3.63) is 71.3 Å². The molecule has 1 fully saturated rings. The van der Waals surface area contributed by atoms with E-state index in [1.165, 1.54) is 6.07 Å². The van der Waals surface area contributed by atoms with Crippen LogP contribution < -0.4 is 10.2 Å². The van der Waals surface area contributed by atoms with Crippen molar-refractivity contribution in [2.45, 2.75) is 13.8 Å². The number of aromatic nitrogens is 3. The smallest absolute Gasteiger partial charge is 0.302 e. The Morgan fingerprint density at radius 1 is 0.939 bits per heavy atom. The molecule has 0 spiro atoms. The number of halogens is 1. The van der Waals surface area contributed by atoms with Crippen LogP contribution in [0.25, 0.3) is 11.1 Å². The number of anilines is 3. The summed E-state index contributed by atoms with van der Waals surface area (Å²) in [6.07, 6.45) is 0. The minimum Gasteiger partial charge on any atom is -0.423 e. The summed E-state index contributed by atoms with van der Waals surface area (Å²) in [5, 5.41) is 2.98. The number of hydrogen-bond donors (Lipinski definition) is 1. The Kier molecular flexibility index (Phi) is 5.37. The molecular weight excluding hydrogens is 423 g/mol. The Labute approximate surface area is 190 Å². The van der Waals surface area contributed by atoms with Gasteiger partial charge in [0.15, 0.2) is 5.58 Å². The summed E-state index contributed by atoms with van der Waals surface area (Å²) in [6, 6.07) is 14.4. The topological polar surface area (TPSA) is 87.4 Å². The number of benzene rings is 2. The minimum atomic E-state index is -0.251. The number of nitrogens with zero attached hydrogens (tertiary/aromatic N) is 5. The second kappa shape index (κ2) is 8.50. The molecule has 8 nitrogen and oxygen atoms in total. The van der Waals surface area contributed by atoms with E-state index in [1.54, 1.807) is 30.9 Å². The van der Waals surface area contributed by atoms with Crippen molar-refractivity contribution in [3.63, 3.8) is 0 Å². The first-order valence-electron chi connectivity index (χ1n) is 10.8. The second-order valence-corrected chi connectivity index (χ2v) is 7.94. The zero-order chi connectivity index (χ0) is 22.9. The predicted molar refractivity (Wildman–Crippen MR) is 123 cm³/mol. The summed E-state index contributed by atoms with van der Waals surface area (Å²) in [7, 11) is 0. The molecule has 0 bridgehead atoms. The van der Waals surface area contributed by atoms with Gasteiger partial charge >= 0.3 is 6.01 Å². The number of carbonyl (C=O) groups is 1. The first-order valence-corrected chi connectivity index (χ1v) is 10.8. The monoisotopic (exact) mass is 446 g/mol. The van der Waals surface area contributed by atoms with Crippen molar-refractivity contribution >= 4 is 34.7 Å². The van der Waals surface area contributed by atoms with E-state index in [0.717, 1.165) is 5.52 Å². The standard InChI is InChI=1S/C24H23FN6O2/c1-15-21(22(32)31-13-11-30(12-14-31)19-9-5-3-7-17(19)25)16(2)27-23(26-15)29-24-28-18-8-4-6-10-20(18)33-24/h3-10H,11-14H2,1-2H3,(H,26,27,28,29). The number of hydrogen-bond acceptors (Lipinski definition) is 7. The quantitative estimate of drug-likeness (QED) is 0.505. The molecule has 0 aliphatic carbocycles. The number of fused-ring (bicyclic) bond motifs is 1. The maximum Gasteiger partial charge on any atom is 0.302 e. The average molecular weight is 446 g/mol. The zero-order valence-corrected chi connectivity index (χ0v) is 18.4. The Balaban J connectivity index is 1.30. The molecule has 1 N–H and O–H groups in total. The molecule has 4 aromatic rings. The van der Waals surface area contributed by atoms with Crippen LogP contribution in [-0.2, 0) is 0 Å². The molecule has 3 heterocycles. The highest BCUT2D eigenvalue weighted by molar-refractivity contribution is 5.96.